The molecule has 1 atom stereocenters. The minimum absolute atomic E-state index is 0.164. The molecule has 0 radical (unpaired) electrons. The van der Waals surface area contributed by atoms with Gasteiger partial charge in [-0.3, -0.25) is 29.3 Å². The Kier molecular flexibility index (Phi) is 7.49. The number of nitrogens with one attached hydrogen (secondary N) is 3. The molecule has 182 valence electrons. The van der Waals surface area contributed by atoms with Gasteiger partial charge in [0.25, 0.3) is 11.8 Å². The Morgan fingerprint density at radius 3 is 2.74 bits per heavy atom. The molecule has 3 heterocycles. The van der Waals surface area contributed by atoms with E-state index in [9.17, 15) is 24.0 Å². The molecule has 10 nitrogen and oxygen atoms in total. The zero-order chi connectivity index (χ0) is 24.8. The molecule has 3 N–H and O–H groups in total. The van der Waals surface area contributed by atoms with Crippen LogP contribution in [0.25, 0.3) is 0 Å². The first-order chi connectivity index (χ1) is 17.0. The lowest BCUT2D eigenvalue weighted by atomic mass is 9.98. The van der Waals surface area contributed by atoms with E-state index in [1.54, 1.807) is 23.1 Å². The van der Waals surface area contributed by atoms with Crippen molar-refractivity contribution in [3.63, 3.8) is 0 Å². The van der Waals surface area contributed by atoms with Crippen molar-refractivity contribution in [3.05, 3.63) is 58.9 Å². The predicted molar refractivity (Wildman–Crippen MR) is 126 cm³/mol. The summed E-state index contributed by atoms with van der Waals surface area (Å²) in [6, 6.07) is 8.21. The summed E-state index contributed by atoms with van der Waals surface area (Å²) < 4.78 is 0. The van der Waals surface area contributed by atoms with Crippen molar-refractivity contribution in [2.75, 3.05) is 11.9 Å². The number of rotatable bonds is 10. The maximum Gasteiger partial charge on any atom is 0.269 e. The Bertz CT molecular complexity index is 1150. The number of benzene rings is 1. The first-order valence-electron chi connectivity index (χ1n) is 11.7. The molecule has 2 aliphatic heterocycles. The lowest BCUT2D eigenvalue weighted by Crippen LogP contribution is -2.52. The number of carbonyl (C=O) groups is 5. The first kappa shape index (κ1) is 24.1. The van der Waals surface area contributed by atoms with Crippen molar-refractivity contribution in [1.29, 1.82) is 0 Å². The molecule has 5 amide bonds. The molecule has 0 saturated carbocycles. The Balaban J connectivity index is 1.23. The lowest BCUT2D eigenvalue weighted by Gasteiger charge is -2.29. The van der Waals surface area contributed by atoms with E-state index < -0.39 is 11.9 Å². The molecule has 35 heavy (non-hydrogen) atoms. The number of aromatic nitrogens is 1. The van der Waals surface area contributed by atoms with E-state index in [1.807, 2.05) is 12.1 Å². The summed E-state index contributed by atoms with van der Waals surface area (Å²) in [7, 11) is 0. The molecule has 10 heteroatoms. The van der Waals surface area contributed by atoms with Gasteiger partial charge in [-0.1, -0.05) is 18.6 Å². The van der Waals surface area contributed by atoms with Gasteiger partial charge in [0.05, 0.1) is 11.9 Å². The van der Waals surface area contributed by atoms with E-state index in [0.29, 0.717) is 37.2 Å². The van der Waals surface area contributed by atoms with Crippen molar-refractivity contribution >= 4 is 35.7 Å². The average molecular weight is 478 g/mol. The minimum atomic E-state index is -0.615. The fourth-order valence-corrected chi connectivity index (χ4v) is 4.48. The van der Waals surface area contributed by atoms with Gasteiger partial charge in [-0.15, -0.1) is 0 Å². The average Bonchev–Trinajstić information content (AvgIpc) is 3.19. The normalized spacial score (nSPS) is 17.1. The van der Waals surface area contributed by atoms with Gasteiger partial charge >= 0.3 is 0 Å². The van der Waals surface area contributed by atoms with Crippen LogP contribution in [0.3, 0.4) is 0 Å². The zero-order valence-electron chi connectivity index (χ0n) is 19.2. The van der Waals surface area contributed by atoms with Crippen molar-refractivity contribution in [2.24, 2.45) is 0 Å². The summed E-state index contributed by atoms with van der Waals surface area (Å²) in [5.74, 6) is -1.14. The van der Waals surface area contributed by atoms with Crippen LogP contribution in [-0.4, -0.2) is 52.5 Å². The van der Waals surface area contributed by atoms with Crippen LogP contribution in [0.4, 0.5) is 5.69 Å². The third-order valence-corrected chi connectivity index (χ3v) is 6.31. The van der Waals surface area contributed by atoms with Crippen molar-refractivity contribution in [3.8, 4) is 0 Å². The molecule has 0 bridgehead atoms. The maximum absolute atomic E-state index is 12.9. The standard InChI is InChI=1S/C25H27N5O5/c31-15-28-17-8-9-20(27-13-17)23(33)26-12-3-1-2-5-16-6-4-7-18-19(16)14-30(25(18)35)21-10-11-22(32)29-24(21)34/h4,6-9,13,15,21H,1-3,5,10-12,14H2,(H,26,33)(H,28,31)(H,29,32,34). The van der Waals surface area contributed by atoms with Crippen LogP contribution in [0.2, 0.25) is 0 Å². The molecule has 1 unspecified atom stereocenters. The number of nitrogens with zero attached hydrogens (tertiary/aromatic N) is 2. The Hall–Kier alpha value is -4.08. The Morgan fingerprint density at radius 2 is 2.00 bits per heavy atom. The molecule has 1 aromatic heterocycles. The molecule has 0 spiro atoms. The SMILES string of the molecule is O=CNc1ccc(C(=O)NCCCCCc2cccc3c2CN(C2CCC(=O)NC2=O)C3=O)nc1. The highest BCUT2D eigenvalue weighted by Gasteiger charge is 2.39. The summed E-state index contributed by atoms with van der Waals surface area (Å²) in [5.41, 5.74) is 3.47. The monoisotopic (exact) mass is 477 g/mol. The van der Waals surface area contributed by atoms with Crippen LogP contribution in [0.1, 0.15) is 64.1 Å². The second-order valence-electron chi connectivity index (χ2n) is 8.60. The molecular weight excluding hydrogens is 450 g/mol. The van der Waals surface area contributed by atoms with Crippen LogP contribution >= 0.6 is 0 Å². The van der Waals surface area contributed by atoms with Gasteiger partial charge in [0.1, 0.15) is 11.7 Å². The molecule has 0 aliphatic carbocycles. The predicted octanol–water partition coefficient (Wildman–Crippen LogP) is 1.55. The number of carbonyl (C=O) groups excluding carboxylic acids is 5. The minimum Gasteiger partial charge on any atom is -0.351 e. The van der Waals surface area contributed by atoms with E-state index in [-0.39, 0.29) is 29.8 Å². The van der Waals surface area contributed by atoms with E-state index in [4.69, 9.17) is 0 Å². The molecule has 1 aromatic carbocycles. The molecule has 4 rings (SSSR count). The number of aryl methyl sites for hydroxylation is 1. The number of imide groups is 1. The summed E-state index contributed by atoms with van der Waals surface area (Å²) >= 11 is 0. The van der Waals surface area contributed by atoms with Crippen LogP contribution in [0.5, 0.6) is 0 Å². The van der Waals surface area contributed by atoms with E-state index >= 15 is 0 Å². The van der Waals surface area contributed by atoms with Crippen molar-refractivity contribution in [1.82, 2.24) is 20.5 Å². The fourth-order valence-electron chi connectivity index (χ4n) is 4.48. The van der Waals surface area contributed by atoms with Crippen molar-refractivity contribution in [2.45, 2.75) is 51.1 Å². The van der Waals surface area contributed by atoms with Crippen LogP contribution in [0, 0.1) is 0 Å². The maximum atomic E-state index is 12.9. The highest BCUT2D eigenvalue weighted by molar-refractivity contribution is 6.05. The highest BCUT2D eigenvalue weighted by atomic mass is 16.2. The van der Waals surface area contributed by atoms with Gasteiger partial charge < -0.3 is 15.5 Å². The third-order valence-electron chi connectivity index (χ3n) is 6.31. The number of amides is 5. The van der Waals surface area contributed by atoms with Gasteiger partial charge in [0.15, 0.2) is 0 Å². The smallest absolute Gasteiger partial charge is 0.269 e. The summed E-state index contributed by atoms with van der Waals surface area (Å²) in [4.78, 5) is 64.8. The van der Waals surface area contributed by atoms with Gasteiger partial charge in [0, 0.05) is 25.1 Å². The second kappa shape index (κ2) is 10.9. The lowest BCUT2D eigenvalue weighted by molar-refractivity contribution is -0.136. The number of fused-ring (bicyclic) bond motifs is 1. The van der Waals surface area contributed by atoms with Crippen LogP contribution < -0.4 is 16.0 Å². The Labute approximate surface area is 202 Å². The van der Waals surface area contributed by atoms with Crippen LogP contribution in [-0.2, 0) is 27.3 Å². The highest BCUT2D eigenvalue weighted by Crippen LogP contribution is 2.30. The number of anilines is 1. The topological polar surface area (TPSA) is 138 Å². The largest absolute Gasteiger partial charge is 0.351 e. The number of unbranched alkanes of at least 4 members (excludes halogenated alkanes) is 2. The quantitative estimate of drug-likeness (QED) is 0.270. The zero-order valence-corrected chi connectivity index (χ0v) is 19.2. The molecule has 1 saturated heterocycles. The fraction of sp³-hybridized carbons (Fsp3) is 0.360. The second-order valence-corrected chi connectivity index (χ2v) is 8.60. The number of piperidine rings is 1. The number of pyridine rings is 1. The van der Waals surface area contributed by atoms with Gasteiger partial charge in [-0.05, 0) is 55.0 Å². The van der Waals surface area contributed by atoms with E-state index in [2.05, 4.69) is 20.9 Å². The number of hydrogen-bond acceptors (Lipinski definition) is 6. The first-order valence-corrected chi connectivity index (χ1v) is 11.7. The summed E-state index contributed by atoms with van der Waals surface area (Å²) in [5, 5.41) is 7.64. The molecular formula is C25H27N5O5. The summed E-state index contributed by atoms with van der Waals surface area (Å²) in [6.45, 7) is 0.893. The van der Waals surface area contributed by atoms with E-state index in [0.717, 1.165) is 36.8 Å². The van der Waals surface area contributed by atoms with Gasteiger partial charge in [-0.2, -0.15) is 0 Å². The van der Waals surface area contributed by atoms with Crippen LogP contribution in [0.15, 0.2) is 36.5 Å². The van der Waals surface area contributed by atoms with Gasteiger partial charge in [0.2, 0.25) is 18.2 Å². The number of hydrogen-bond donors (Lipinski definition) is 3. The summed E-state index contributed by atoms with van der Waals surface area (Å²) in [6.07, 6.45) is 5.93. The molecule has 2 aromatic rings. The third kappa shape index (κ3) is 5.53. The molecule has 1 fully saturated rings. The molecule has 2 aliphatic rings. The van der Waals surface area contributed by atoms with E-state index in [1.165, 1.54) is 6.20 Å². The van der Waals surface area contributed by atoms with Crippen molar-refractivity contribution < 1.29 is 24.0 Å². The van der Waals surface area contributed by atoms with Gasteiger partial charge in [-0.25, -0.2) is 4.98 Å². The Morgan fingerprint density at radius 1 is 1.14 bits per heavy atom.